The number of aliphatic carboxylic acids is 1. The van der Waals surface area contributed by atoms with Gasteiger partial charge in [-0.05, 0) is 48.9 Å². The Bertz CT molecular complexity index is 881. The largest absolute Gasteiger partial charge is 0.481 e. The molecule has 1 unspecified atom stereocenters. The quantitative estimate of drug-likeness (QED) is 0.151. The third-order valence-corrected chi connectivity index (χ3v) is 4.02. The molecule has 0 aromatic rings. The Hall–Kier alpha value is -3.06. The maximum atomic E-state index is 11.5. The van der Waals surface area contributed by atoms with Gasteiger partial charge in [0, 0.05) is 6.42 Å². The van der Waals surface area contributed by atoms with E-state index in [2.05, 4.69) is 47.4 Å². The van der Waals surface area contributed by atoms with Crippen LogP contribution in [0.2, 0.25) is 0 Å². The molecule has 32 heavy (non-hydrogen) atoms. The zero-order valence-electron chi connectivity index (χ0n) is 17.3. The van der Waals surface area contributed by atoms with E-state index in [4.69, 9.17) is 19.3 Å². The summed E-state index contributed by atoms with van der Waals surface area (Å²) in [5.74, 6) is 18.0. The topological polar surface area (TPSA) is 163 Å². The third kappa shape index (κ3) is 9.83. The summed E-state index contributed by atoms with van der Waals surface area (Å²) in [6.07, 6.45) is -8.84. The molecule has 0 radical (unpaired) electrons. The summed E-state index contributed by atoms with van der Waals surface area (Å²) >= 11 is 0. The molecule has 10 heteroatoms. The summed E-state index contributed by atoms with van der Waals surface area (Å²) in [4.78, 5) is 22.1. The second-order valence-corrected chi connectivity index (χ2v) is 6.42. The SMILES string of the molecule is CC#CC#CC#CC#CCCC(COC(=O)CC(=O)O)O[C@@H]1O[C@H](CO)[C@@H](O)[C@H](O)[C@H]1O. The standard InChI is InChI=1S/C22H24O10/c1-2-3-4-5-6-7-8-9-10-11-15(14-30-18(26)12-17(24)25)31-22-21(29)20(28)19(27)16(13-23)32-22/h15-16,19-23,27-29H,10-14H2,1H3,(H,24,25)/t15?,16-,19-,20+,21-,22-/m1/s1. The summed E-state index contributed by atoms with van der Waals surface area (Å²) in [6.45, 7) is 0.624. The summed E-state index contributed by atoms with van der Waals surface area (Å²) in [5.41, 5.74) is 0. The van der Waals surface area contributed by atoms with Crippen LogP contribution in [0.1, 0.15) is 26.2 Å². The van der Waals surface area contributed by atoms with E-state index < -0.39 is 61.8 Å². The average molecular weight is 448 g/mol. The van der Waals surface area contributed by atoms with Crippen molar-refractivity contribution in [3.8, 4) is 47.4 Å². The van der Waals surface area contributed by atoms with E-state index in [9.17, 15) is 30.0 Å². The number of aliphatic hydroxyl groups excluding tert-OH is 4. The lowest BCUT2D eigenvalue weighted by Gasteiger charge is -2.40. The first-order valence-corrected chi connectivity index (χ1v) is 9.53. The van der Waals surface area contributed by atoms with Crippen LogP contribution in [0.4, 0.5) is 0 Å². The molecule has 1 aliphatic rings. The van der Waals surface area contributed by atoms with Crippen LogP contribution < -0.4 is 0 Å². The summed E-state index contributed by atoms with van der Waals surface area (Å²) in [5, 5.41) is 47.7. The van der Waals surface area contributed by atoms with Gasteiger partial charge >= 0.3 is 11.9 Å². The molecule has 0 aromatic carbocycles. The van der Waals surface area contributed by atoms with Gasteiger partial charge in [0.25, 0.3) is 0 Å². The second-order valence-electron chi connectivity index (χ2n) is 6.42. The number of esters is 1. The van der Waals surface area contributed by atoms with Crippen molar-refractivity contribution in [3.05, 3.63) is 0 Å². The number of carboxylic acid groups (broad SMARTS) is 1. The molecule has 10 nitrogen and oxygen atoms in total. The maximum absolute atomic E-state index is 11.5. The minimum Gasteiger partial charge on any atom is -0.481 e. The molecule has 1 heterocycles. The fourth-order valence-corrected chi connectivity index (χ4v) is 2.45. The number of carboxylic acids is 1. The lowest BCUT2D eigenvalue weighted by molar-refractivity contribution is -0.313. The third-order valence-electron chi connectivity index (χ3n) is 4.02. The van der Waals surface area contributed by atoms with Crippen molar-refractivity contribution < 1.29 is 49.3 Å². The van der Waals surface area contributed by atoms with E-state index >= 15 is 0 Å². The molecule has 1 rings (SSSR count). The number of carbonyl (C=O) groups is 2. The zero-order valence-corrected chi connectivity index (χ0v) is 17.3. The highest BCUT2D eigenvalue weighted by atomic mass is 16.7. The Labute approximate surface area is 185 Å². The Kier molecular flexibility index (Phi) is 12.5. The van der Waals surface area contributed by atoms with Crippen LogP contribution in [0.15, 0.2) is 0 Å². The molecule has 5 N–H and O–H groups in total. The Morgan fingerprint density at radius 3 is 2.28 bits per heavy atom. The Morgan fingerprint density at radius 2 is 1.66 bits per heavy atom. The van der Waals surface area contributed by atoms with E-state index in [1.807, 2.05) is 0 Å². The van der Waals surface area contributed by atoms with Crippen molar-refractivity contribution in [2.45, 2.75) is 63.0 Å². The number of rotatable bonds is 9. The van der Waals surface area contributed by atoms with Gasteiger partial charge in [0.1, 0.15) is 37.4 Å². The highest BCUT2D eigenvalue weighted by Crippen LogP contribution is 2.23. The average Bonchev–Trinajstić information content (AvgIpc) is 2.75. The predicted molar refractivity (Wildman–Crippen MR) is 108 cm³/mol. The van der Waals surface area contributed by atoms with Gasteiger partial charge in [-0.25, -0.2) is 0 Å². The molecule has 172 valence electrons. The summed E-state index contributed by atoms with van der Waals surface area (Å²) in [7, 11) is 0. The second kappa shape index (κ2) is 14.9. The molecule has 0 aliphatic carbocycles. The molecular weight excluding hydrogens is 424 g/mol. The molecule has 0 saturated carbocycles. The summed E-state index contributed by atoms with van der Waals surface area (Å²) < 4.78 is 15.7. The van der Waals surface area contributed by atoms with Crippen LogP contribution in [0, 0.1) is 47.4 Å². The molecule has 1 saturated heterocycles. The zero-order chi connectivity index (χ0) is 23.9. The van der Waals surface area contributed by atoms with Crippen molar-refractivity contribution in [2.24, 2.45) is 0 Å². The van der Waals surface area contributed by atoms with Crippen molar-refractivity contribution in [2.75, 3.05) is 13.2 Å². The van der Waals surface area contributed by atoms with Crippen LogP contribution in [-0.2, 0) is 23.8 Å². The minimum atomic E-state index is -1.65. The van der Waals surface area contributed by atoms with Gasteiger partial charge in [-0.1, -0.05) is 11.8 Å². The smallest absolute Gasteiger partial charge is 0.317 e. The van der Waals surface area contributed by atoms with Crippen molar-refractivity contribution >= 4 is 11.9 Å². The highest BCUT2D eigenvalue weighted by Gasteiger charge is 2.44. The molecule has 6 atom stereocenters. The molecule has 0 amide bonds. The van der Waals surface area contributed by atoms with Crippen LogP contribution in [0.25, 0.3) is 0 Å². The number of ether oxygens (including phenoxy) is 3. The molecule has 1 aliphatic heterocycles. The highest BCUT2D eigenvalue weighted by molar-refractivity contribution is 5.90. The first kappa shape index (κ1) is 27.0. The lowest BCUT2D eigenvalue weighted by atomic mass is 9.99. The van der Waals surface area contributed by atoms with Gasteiger partial charge in [-0.15, -0.1) is 0 Å². The Balaban J connectivity index is 2.77. The number of hydrogen-bond donors (Lipinski definition) is 5. The maximum Gasteiger partial charge on any atom is 0.317 e. The first-order chi connectivity index (χ1) is 15.3. The van der Waals surface area contributed by atoms with Gasteiger partial charge < -0.3 is 39.7 Å². The Morgan fingerprint density at radius 1 is 1.00 bits per heavy atom. The van der Waals surface area contributed by atoms with E-state index in [1.165, 1.54) is 0 Å². The summed E-state index contributed by atoms with van der Waals surface area (Å²) in [6, 6.07) is 0. The van der Waals surface area contributed by atoms with Gasteiger partial charge in [-0.3, -0.25) is 9.59 Å². The van der Waals surface area contributed by atoms with E-state index in [1.54, 1.807) is 6.92 Å². The lowest BCUT2D eigenvalue weighted by Crippen LogP contribution is -2.59. The molecule has 0 bridgehead atoms. The molecule has 0 aromatic heterocycles. The van der Waals surface area contributed by atoms with Crippen LogP contribution in [0.5, 0.6) is 0 Å². The van der Waals surface area contributed by atoms with Gasteiger partial charge in [0.2, 0.25) is 0 Å². The molecule has 1 fully saturated rings. The van der Waals surface area contributed by atoms with Crippen LogP contribution in [0.3, 0.4) is 0 Å². The fourth-order valence-electron chi connectivity index (χ4n) is 2.45. The van der Waals surface area contributed by atoms with E-state index in [-0.39, 0.29) is 19.4 Å². The molecule has 0 spiro atoms. The number of carbonyl (C=O) groups excluding carboxylic acids is 1. The van der Waals surface area contributed by atoms with Crippen molar-refractivity contribution in [1.29, 1.82) is 0 Å². The number of hydrogen-bond acceptors (Lipinski definition) is 9. The fraction of sp³-hybridized carbons (Fsp3) is 0.545. The predicted octanol–water partition coefficient (Wildman–Crippen LogP) is -2.00. The number of aliphatic hydroxyl groups is 4. The van der Waals surface area contributed by atoms with Crippen molar-refractivity contribution in [3.63, 3.8) is 0 Å². The first-order valence-electron chi connectivity index (χ1n) is 9.53. The minimum absolute atomic E-state index is 0.164. The van der Waals surface area contributed by atoms with Gasteiger partial charge in [-0.2, -0.15) is 0 Å². The van der Waals surface area contributed by atoms with Crippen LogP contribution in [-0.4, -0.2) is 87.5 Å². The van der Waals surface area contributed by atoms with Crippen molar-refractivity contribution in [1.82, 2.24) is 0 Å². The monoisotopic (exact) mass is 448 g/mol. The normalized spacial score (nSPS) is 24.6. The molecular formula is C22H24O10. The van der Waals surface area contributed by atoms with Gasteiger partial charge in [0.05, 0.1) is 12.7 Å². The van der Waals surface area contributed by atoms with E-state index in [0.717, 1.165) is 0 Å². The van der Waals surface area contributed by atoms with Crippen LogP contribution >= 0.6 is 0 Å². The van der Waals surface area contributed by atoms with Gasteiger partial charge in [0.15, 0.2) is 6.29 Å². The van der Waals surface area contributed by atoms with E-state index in [0.29, 0.717) is 0 Å².